The third-order valence-corrected chi connectivity index (χ3v) is 3.86. The van der Waals surface area contributed by atoms with E-state index in [2.05, 4.69) is 31.0 Å². The van der Waals surface area contributed by atoms with Gasteiger partial charge in [-0.15, -0.1) is 0 Å². The van der Waals surface area contributed by atoms with E-state index in [0.717, 1.165) is 21.6 Å². The van der Waals surface area contributed by atoms with E-state index in [1.807, 2.05) is 29.7 Å². The van der Waals surface area contributed by atoms with Gasteiger partial charge in [0.05, 0.1) is 5.69 Å². The third kappa shape index (κ3) is 3.44. The molecule has 23 heavy (non-hydrogen) atoms. The van der Waals surface area contributed by atoms with Gasteiger partial charge in [0.25, 0.3) is 0 Å². The minimum atomic E-state index is -2.84. The van der Waals surface area contributed by atoms with E-state index >= 15 is 0 Å². The predicted octanol–water partition coefficient (Wildman–Crippen LogP) is 4.62. The van der Waals surface area contributed by atoms with Gasteiger partial charge in [-0.1, -0.05) is 18.2 Å². The number of anilines is 1. The van der Waals surface area contributed by atoms with Crippen LogP contribution in [-0.4, -0.2) is 16.0 Å². The number of fused-ring (bicyclic) bond motifs is 1. The molecule has 1 N–H and O–H groups in total. The number of hydrogen-bond acceptors (Lipinski definition) is 3. The molecule has 0 aliphatic heterocycles. The highest BCUT2D eigenvalue weighted by Gasteiger charge is 2.12. The van der Waals surface area contributed by atoms with Crippen molar-refractivity contribution in [3.05, 3.63) is 58.3 Å². The van der Waals surface area contributed by atoms with E-state index in [0.29, 0.717) is 12.1 Å². The van der Waals surface area contributed by atoms with Gasteiger partial charge >= 0.3 is 6.61 Å². The van der Waals surface area contributed by atoms with Gasteiger partial charge in [-0.2, -0.15) is 8.78 Å². The molecule has 0 atom stereocenters. The van der Waals surface area contributed by atoms with E-state index in [1.54, 1.807) is 18.2 Å². The van der Waals surface area contributed by atoms with Gasteiger partial charge in [0.15, 0.2) is 0 Å². The number of nitrogens with zero attached hydrogens (tertiary/aromatic N) is 2. The largest absolute Gasteiger partial charge is 0.434 e. The molecule has 2 heterocycles. The second-order valence-electron chi connectivity index (χ2n) is 4.96. The quantitative estimate of drug-likeness (QED) is 0.700. The minimum absolute atomic E-state index is 0.169. The molecule has 0 fully saturated rings. The second-order valence-corrected chi connectivity index (χ2v) is 5.88. The summed E-state index contributed by atoms with van der Waals surface area (Å²) < 4.78 is 32.3. The van der Waals surface area contributed by atoms with Crippen molar-refractivity contribution < 1.29 is 13.5 Å². The number of hydrogen-bond donors (Lipinski definition) is 1. The lowest BCUT2D eigenvalue weighted by molar-refractivity contribution is -0.0504. The Labute approximate surface area is 140 Å². The maximum atomic E-state index is 12.5. The van der Waals surface area contributed by atoms with E-state index < -0.39 is 6.61 Å². The molecule has 0 saturated heterocycles. The Kier molecular flexibility index (Phi) is 4.47. The monoisotopic (exact) mass is 381 g/mol. The van der Waals surface area contributed by atoms with Crippen LogP contribution in [0.2, 0.25) is 0 Å². The van der Waals surface area contributed by atoms with E-state index in [9.17, 15) is 8.78 Å². The van der Waals surface area contributed by atoms with Crippen LogP contribution in [0.25, 0.3) is 5.65 Å². The molecule has 1 aromatic carbocycles. The Bertz CT molecular complexity index is 835. The Balaban J connectivity index is 1.87. The summed E-state index contributed by atoms with van der Waals surface area (Å²) in [5, 5.41) is 3.25. The number of halogens is 3. The highest BCUT2D eigenvalue weighted by Crippen LogP contribution is 2.24. The summed E-state index contributed by atoms with van der Waals surface area (Å²) in [6.45, 7) is -0.598. The van der Waals surface area contributed by atoms with Crippen LogP contribution in [0.4, 0.5) is 14.6 Å². The standard InChI is InChI=1S/C16H14BrF2N3O/c1-10-15(22-9-12(17)6-7-14(22)21-10)20-8-11-4-2-3-5-13(11)23-16(18)19/h2-7,9,16,20H,8H2,1H3. The molecule has 4 nitrogen and oxygen atoms in total. The van der Waals surface area contributed by atoms with Crippen LogP contribution in [0.3, 0.4) is 0 Å². The number of aryl methyl sites for hydroxylation is 1. The van der Waals surface area contributed by atoms with Crippen molar-refractivity contribution in [2.45, 2.75) is 20.1 Å². The highest BCUT2D eigenvalue weighted by molar-refractivity contribution is 9.10. The van der Waals surface area contributed by atoms with Crippen LogP contribution >= 0.6 is 15.9 Å². The van der Waals surface area contributed by atoms with Gasteiger partial charge in [0.1, 0.15) is 17.2 Å². The number of pyridine rings is 1. The fourth-order valence-corrected chi connectivity index (χ4v) is 2.73. The average Bonchev–Trinajstić information content (AvgIpc) is 2.81. The molecule has 120 valence electrons. The SMILES string of the molecule is Cc1nc2ccc(Br)cn2c1NCc1ccccc1OC(F)F. The first-order valence-corrected chi connectivity index (χ1v) is 7.74. The van der Waals surface area contributed by atoms with Crippen LogP contribution in [-0.2, 0) is 6.54 Å². The minimum Gasteiger partial charge on any atom is -0.434 e. The molecule has 2 aromatic heterocycles. The second kappa shape index (κ2) is 6.54. The van der Waals surface area contributed by atoms with Gasteiger partial charge in [-0.3, -0.25) is 4.40 Å². The van der Waals surface area contributed by atoms with Gasteiger partial charge in [0, 0.05) is 22.8 Å². The lowest BCUT2D eigenvalue weighted by Crippen LogP contribution is -2.08. The maximum absolute atomic E-state index is 12.5. The number of ether oxygens (including phenoxy) is 1. The maximum Gasteiger partial charge on any atom is 0.387 e. The van der Waals surface area contributed by atoms with Crippen LogP contribution in [0.15, 0.2) is 47.1 Å². The lowest BCUT2D eigenvalue weighted by atomic mass is 10.2. The topological polar surface area (TPSA) is 38.6 Å². The molecule has 3 rings (SSSR count). The van der Waals surface area contributed by atoms with Gasteiger partial charge in [0.2, 0.25) is 0 Å². The first-order valence-electron chi connectivity index (χ1n) is 6.95. The molecule has 0 unspecified atom stereocenters. The summed E-state index contributed by atoms with van der Waals surface area (Å²) in [7, 11) is 0. The smallest absolute Gasteiger partial charge is 0.387 e. The van der Waals surface area contributed by atoms with Gasteiger partial charge in [-0.25, -0.2) is 4.98 Å². The molecule has 0 radical (unpaired) electrons. The molecule has 3 aromatic rings. The van der Waals surface area contributed by atoms with Crippen molar-refractivity contribution in [3.8, 4) is 5.75 Å². The first-order chi connectivity index (χ1) is 11.0. The van der Waals surface area contributed by atoms with E-state index in [-0.39, 0.29) is 5.75 Å². The number of alkyl halides is 2. The van der Waals surface area contributed by atoms with Crippen molar-refractivity contribution in [1.29, 1.82) is 0 Å². The van der Waals surface area contributed by atoms with Gasteiger partial charge < -0.3 is 10.1 Å². The number of imidazole rings is 1. The van der Waals surface area contributed by atoms with E-state index in [4.69, 9.17) is 0 Å². The lowest BCUT2D eigenvalue weighted by Gasteiger charge is -2.12. The predicted molar refractivity (Wildman–Crippen MR) is 88.0 cm³/mol. The zero-order valence-corrected chi connectivity index (χ0v) is 13.8. The number of aromatic nitrogens is 2. The molecule has 0 spiro atoms. The Morgan fingerprint density at radius 1 is 1.26 bits per heavy atom. The summed E-state index contributed by atoms with van der Waals surface area (Å²) in [5.41, 5.74) is 2.29. The van der Waals surface area contributed by atoms with Crippen molar-refractivity contribution in [2.75, 3.05) is 5.32 Å². The van der Waals surface area contributed by atoms with Crippen molar-refractivity contribution >= 4 is 27.4 Å². The summed E-state index contributed by atoms with van der Waals surface area (Å²) in [5.74, 6) is 0.982. The fraction of sp³-hybridized carbons (Fsp3) is 0.188. The van der Waals surface area contributed by atoms with Crippen molar-refractivity contribution in [1.82, 2.24) is 9.38 Å². The molecule has 0 bridgehead atoms. The Hall–Kier alpha value is -2.15. The average molecular weight is 382 g/mol. The van der Waals surface area contributed by atoms with Crippen LogP contribution in [0, 0.1) is 6.92 Å². The highest BCUT2D eigenvalue weighted by atomic mass is 79.9. The first kappa shape index (κ1) is 15.7. The number of benzene rings is 1. The number of nitrogens with one attached hydrogen (secondary N) is 1. The summed E-state index contributed by atoms with van der Waals surface area (Å²) in [4.78, 5) is 4.47. The van der Waals surface area contributed by atoms with Crippen molar-refractivity contribution in [2.24, 2.45) is 0 Å². The molecule has 0 amide bonds. The number of rotatable bonds is 5. The van der Waals surface area contributed by atoms with Crippen LogP contribution in [0.5, 0.6) is 5.75 Å². The fourth-order valence-electron chi connectivity index (χ4n) is 2.39. The Morgan fingerprint density at radius 3 is 2.83 bits per heavy atom. The summed E-state index contributed by atoms with van der Waals surface area (Å²) >= 11 is 3.43. The summed E-state index contributed by atoms with van der Waals surface area (Å²) in [6, 6.07) is 10.5. The Morgan fingerprint density at radius 2 is 2.04 bits per heavy atom. The molecular formula is C16H14BrF2N3O. The van der Waals surface area contributed by atoms with Crippen LogP contribution < -0.4 is 10.1 Å². The molecular weight excluding hydrogens is 368 g/mol. The summed E-state index contributed by atoms with van der Waals surface area (Å²) in [6.07, 6.45) is 1.90. The van der Waals surface area contributed by atoms with E-state index in [1.165, 1.54) is 6.07 Å². The zero-order valence-electron chi connectivity index (χ0n) is 12.3. The normalized spacial score (nSPS) is 11.2. The van der Waals surface area contributed by atoms with Gasteiger partial charge in [-0.05, 0) is 41.1 Å². The van der Waals surface area contributed by atoms with Crippen molar-refractivity contribution in [3.63, 3.8) is 0 Å². The molecule has 7 heteroatoms. The molecule has 0 aliphatic carbocycles. The molecule has 0 aliphatic rings. The number of para-hydroxylation sites is 1. The van der Waals surface area contributed by atoms with Crippen LogP contribution in [0.1, 0.15) is 11.3 Å². The molecule has 0 saturated carbocycles. The third-order valence-electron chi connectivity index (χ3n) is 3.39. The zero-order chi connectivity index (χ0) is 16.4.